The van der Waals surface area contributed by atoms with Crippen molar-refractivity contribution in [2.24, 2.45) is 5.92 Å². The lowest BCUT2D eigenvalue weighted by molar-refractivity contribution is -0.118. The quantitative estimate of drug-likeness (QED) is 0.876. The second kappa shape index (κ2) is 7.31. The standard InChI is InChI=1S/C16H23NO4/c1-11(2)16(18)17-12-6-7-14(19-3)15(9-12)21-10-13-5-4-8-20-13/h6-7,9,11,13H,4-5,8,10H2,1-3H3,(H,17,18)/t13-/m0/s1. The summed E-state index contributed by atoms with van der Waals surface area (Å²) in [7, 11) is 1.60. The molecule has 1 saturated heterocycles. The maximum atomic E-state index is 11.7. The van der Waals surface area contributed by atoms with Crippen LogP contribution >= 0.6 is 0 Å². The van der Waals surface area contributed by atoms with Crippen LogP contribution in [-0.4, -0.2) is 32.3 Å². The van der Waals surface area contributed by atoms with Gasteiger partial charge >= 0.3 is 0 Å². The molecular formula is C16H23NO4. The van der Waals surface area contributed by atoms with Crippen molar-refractivity contribution in [2.45, 2.75) is 32.8 Å². The van der Waals surface area contributed by atoms with E-state index in [1.54, 1.807) is 25.3 Å². The molecule has 5 nitrogen and oxygen atoms in total. The Morgan fingerprint density at radius 3 is 2.86 bits per heavy atom. The van der Waals surface area contributed by atoms with E-state index in [9.17, 15) is 4.79 Å². The topological polar surface area (TPSA) is 56.8 Å². The zero-order chi connectivity index (χ0) is 15.2. The largest absolute Gasteiger partial charge is 0.493 e. The van der Waals surface area contributed by atoms with Gasteiger partial charge in [-0.2, -0.15) is 0 Å². The Morgan fingerprint density at radius 1 is 1.43 bits per heavy atom. The summed E-state index contributed by atoms with van der Waals surface area (Å²) >= 11 is 0. The van der Waals surface area contributed by atoms with Crippen molar-refractivity contribution < 1.29 is 19.0 Å². The summed E-state index contributed by atoms with van der Waals surface area (Å²) in [5, 5.41) is 2.86. The smallest absolute Gasteiger partial charge is 0.226 e. The summed E-state index contributed by atoms with van der Waals surface area (Å²) in [6, 6.07) is 5.38. The second-order valence-electron chi connectivity index (χ2n) is 5.46. The van der Waals surface area contributed by atoms with E-state index in [0.717, 1.165) is 19.4 Å². The first kappa shape index (κ1) is 15.6. The summed E-state index contributed by atoms with van der Waals surface area (Å²) in [4.78, 5) is 11.7. The molecule has 1 atom stereocenters. The van der Waals surface area contributed by atoms with Crippen molar-refractivity contribution in [3.8, 4) is 11.5 Å². The van der Waals surface area contributed by atoms with Crippen molar-refractivity contribution in [3.05, 3.63) is 18.2 Å². The Hall–Kier alpha value is -1.75. The molecule has 1 aliphatic heterocycles. The van der Waals surface area contributed by atoms with Gasteiger partial charge in [-0.3, -0.25) is 4.79 Å². The van der Waals surface area contributed by atoms with Gasteiger partial charge < -0.3 is 19.5 Å². The van der Waals surface area contributed by atoms with Gasteiger partial charge in [0.15, 0.2) is 11.5 Å². The van der Waals surface area contributed by atoms with Crippen LogP contribution in [0.4, 0.5) is 5.69 Å². The van der Waals surface area contributed by atoms with Crippen LogP contribution in [0.3, 0.4) is 0 Å². The molecule has 1 N–H and O–H groups in total. The molecule has 0 spiro atoms. The van der Waals surface area contributed by atoms with E-state index in [1.807, 2.05) is 13.8 Å². The molecular weight excluding hydrogens is 270 g/mol. The van der Waals surface area contributed by atoms with Crippen LogP contribution in [0.25, 0.3) is 0 Å². The lowest BCUT2D eigenvalue weighted by atomic mass is 10.2. The third-order valence-electron chi connectivity index (χ3n) is 3.40. The molecule has 1 aromatic carbocycles. The molecule has 0 unspecified atom stereocenters. The molecule has 0 saturated carbocycles. The number of carbonyl (C=O) groups excluding carboxylic acids is 1. The molecule has 1 heterocycles. The van der Waals surface area contributed by atoms with E-state index in [2.05, 4.69) is 5.32 Å². The monoisotopic (exact) mass is 293 g/mol. The van der Waals surface area contributed by atoms with E-state index in [4.69, 9.17) is 14.2 Å². The van der Waals surface area contributed by atoms with Crippen LogP contribution in [0.1, 0.15) is 26.7 Å². The highest BCUT2D eigenvalue weighted by Crippen LogP contribution is 2.31. The minimum Gasteiger partial charge on any atom is -0.493 e. The van der Waals surface area contributed by atoms with Crippen molar-refractivity contribution >= 4 is 11.6 Å². The Kier molecular flexibility index (Phi) is 5.44. The van der Waals surface area contributed by atoms with Gasteiger partial charge in [0.1, 0.15) is 6.61 Å². The van der Waals surface area contributed by atoms with Gasteiger partial charge in [-0.1, -0.05) is 13.8 Å². The fourth-order valence-corrected chi connectivity index (χ4v) is 2.11. The number of hydrogen-bond donors (Lipinski definition) is 1. The van der Waals surface area contributed by atoms with E-state index in [-0.39, 0.29) is 17.9 Å². The summed E-state index contributed by atoms with van der Waals surface area (Å²) in [6.45, 7) is 5.01. The molecule has 21 heavy (non-hydrogen) atoms. The maximum Gasteiger partial charge on any atom is 0.226 e. The third kappa shape index (κ3) is 4.36. The molecule has 1 aromatic rings. The highest BCUT2D eigenvalue weighted by molar-refractivity contribution is 5.92. The van der Waals surface area contributed by atoms with Crippen LogP contribution in [0.5, 0.6) is 11.5 Å². The third-order valence-corrected chi connectivity index (χ3v) is 3.40. The lowest BCUT2D eigenvalue weighted by Gasteiger charge is -2.15. The fraction of sp³-hybridized carbons (Fsp3) is 0.562. The first-order valence-electron chi connectivity index (χ1n) is 7.33. The molecule has 1 aliphatic rings. The van der Waals surface area contributed by atoms with Crippen LogP contribution in [0.2, 0.25) is 0 Å². The zero-order valence-corrected chi connectivity index (χ0v) is 12.8. The molecule has 116 valence electrons. The molecule has 5 heteroatoms. The number of ether oxygens (including phenoxy) is 3. The van der Waals surface area contributed by atoms with Crippen molar-refractivity contribution in [3.63, 3.8) is 0 Å². The van der Waals surface area contributed by atoms with E-state index < -0.39 is 0 Å². The Bertz CT molecular complexity index is 481. The molecule has 1 fully saturated rings. The normalized spacial score (nSPS) is 17.8. The first-order chi connectivity index (χ1) is 10.1. The van der Waals surface area contributed by atoms with Crippen molar-refractivity contribution in [1.82, 2.24) is 0 Å². The van der Waals surface area contributed by atoms with E-state index in [1.165, 1.54) is 0 Å². The first-order valence-corrected chi connectivity index (χ1v) is 7.33. The van der Waals surface area contributed by atoms with Gasteiger partial charge in [-0.25, -0.2) is 0 Å². The molecule has 0 aliphatic carbocycles. The number of benzene rings is 1. The van der Waals surface area contributed by atoms with Gasteiger partial charge in [0.25, 0.3) is 0 Å². The maximum absolute atomic E-state index is 11.7. The van der Waals surface area contributed by atoms with E-state index >= 15 is 0 Å². The van der Waals surface area contributed by atoms with Gasteiger partial charge in [0.2, 0.25) is 5.91 Å². The molecule has 0 aromatic heterocycles. The SMILES string of the molecule is COc1ccc(NC(=O)C(C)C)cc1OC[C@@H]1CCCO1. The van der Waals surface area contributed by atoms with Gasteiger partial charge in [-0.15, -0.1) is 0 Å². The predicted molar refractivity (Wildman–Crippen MR) is 80.9 cm³/mol. The zero-order valence-electron chi connectivity index (χ0n) is 12.8. The van der Waals surface area contributed by atoms with Crippen LogP contribution in [0, 0.1) is 5.92 Å². The average Bonchev–Trinajstić information content (AvgIpc) is 2.98. The van der Waals surface area contributed by atoms with Gasteiger partial charge in [-0.05, 0) is 25.0 Å². The van der Waals surface area contributed by atoms with Crippen LogP contribution in [0.15, 0.2) is 18.2 Å². The Balaban J connectivity index is 2.04. The number of hydrogen-bond acceptors (Lipinski definition) is 4. The summed E-state index contributed by atoms with van der Waals surface area (Å²) in [6.07, 6.45) is 2.24. The number of carbonyl (C=O) groups is 1. The molecule has 0 radical (unpaired) electrons. The summed E-state index contributed by atoms with van der Waals surface area (Å²) in [5.41, 5.74) is 0.705. The van der Waals surface area contributed by atoms with E-state index in [0.29, 0.717) is 23.8 Å². The highest BCUT2D eigenvalue weighted by atomic mass is 16.5. The molecule has 1 amide bonds. The number of anilines is 1. The Morgan fingerprint density at radius 2 is 2.24 bits per heavy atom. The van der Waals surface area contributed by atoms with Gasteiger partial charge in [0, 0.05) is 24.3 Å². The highest BCUT2D eigenvalue weighted by Gasteiger charge is 2.17. The predicted octanol–water partition coefficient (Wildman–Crippen LogP) is 2.85. The number of amides is 1. The number of methoxy groups -OCH3 is 1. The van der Waals surface area contributed by atoms with Crippen molar-refractivity contribution in [2.75, 3.05) is 25.6 Å². The lowest BCUT2D eigenvalue weighted by Crippen LogP contribution is -2.18. The molecule has 0 bridgehead atoms. The summed E-state index contributed by atoms with van der Waals surface area (Å²) < 4.78 is 16.6. The number of rotatable bonds is 6. The fourth-order valence-electron chi connectivity index (χ4n) is 2.11. The van der Waals surface area contributed by atoms with Crippen LogP contribution < -0.4 is 14.8 Å². The number of nitrogens with one attached hydrogen (secondary N) is 1. The molecule has 2 rings (SSSR count). The average molecular weight is 293 g/mol. The van der Waals surface area contributed by atoms with Gasteiger partial charge in [0.05, 0.1) is 13.2 Å². The van der Waals surface area contributed by atoms with Crippen molar-refractivity contribution in [1.29, 1.82) is 0 Å². The minimum absolute atomic E-state index is 0.0229. The van der Waals surface area contributed by atoms with Crippen LogP contribution in [-0.2, 0) is 9.53 Å². The minimum atomic E-state index is -0.0663. The second-order valence-corrected chi connectivity index (χ2v) is 5.46. The summed E-state index contributed by atoms with van der Waals surface area (Å²) in [5.74, 6) is 1.18. The Labute approximate surface area is 125 Å².